The number of aryl methyl sites for hydroxylation is 1. The summed E-state index contributed by atoms with van der Waals surface area (Å²) in [6.07, 6.45) is 0.947. The molecule has 1 aromatic rings. The number of carboxylic acid groups (broad SMARTS) is 1. The van der Waals surface area contributed by atoms with E-state index >= 15 is 0 Å². The van der Waals surface area contributed by atoms with E-state index in [9.17, 15) is 4.79 Å². The minimum Gasteiger partial charge on any atom is -0.478 e. The summed E-state index contributed by atoms with van der Waals surface area (Å²) in [5, 5.41) is 9.11. The number of carboxylic acids is 1. The van der Waals surface area contributed by atoms with Crippen molar-refractivity contribution >= 4 is 5.97 Å². The van der Waals surface area contributed by atoms with Gasteiger partial charge in [0.05, 0.1) is 5.56 Å². The van der Waals surface area contributed by atoms with Crippen LogP contribution in [0, 0.1) is 19.3 Å². The van der Waals surface area contributed by atoms with Crippen LogP contribution >= 0.6 is 0 Å². The fraction of sp³-hybridized carbons (Fsp3) is 0.643. The molecule has 0 spiro atoms. The highest BCUT2D eigenvalue weighted by Gasteiger charge is 2.22. The van der Waals surface area contributed by atoms with Gasteiger partial charge in [0.1, 0.15) is 0 Å². The van der Waals surface area contributed by atoms with Crippen LogP contribution in [0.4, 0.5) is 0 Å². The van der Waals surface area contributed by atoms with Gasteiger partial charge in [-0.1, -0.05) is 13.8 Å². The topological polar surface area (TPSA) is 51.5 Å². The first-order valence-electron chi connectivity index (χ1n) is 6.17. The number of hydrogen-bond donors (Lipinski definition) is 1. The number of aromatic carboxylic acids is 1. The van der Waals surface area contributed by atoms with Crippen LogP contribution < -0.4 is 0 Å². The molecule has 0 unspecified atom stereocenters. The highest BCUT2D eigenvalue weighted by Crippen LogP contribution is 2.26. The van der Waals surface area contributed by atoms with Gasteiger partial charge in [0.2, 0.25) is 0 Å². The van der Waals surface area contributed by atoms with Gasteiger partial charge < -0.3 is 14.4 Å². The molecule has 0 fully saturated rings. The Labute approximate surface area is 109 Å². The second kappa shape index (κ2) is 5.57. The average Bonchev–Trinajstić information content (AvgIpc) is 2.54. The number of rotatable bonds is 6. The summed E-state index contributed by atoms with van der Waals surface area (Å²) in [5.41, 5.74) is 2.30. The molecule has 0 atom stereocenters. The minimum absolute atomic E-state index is 0.0837. The molecule has 0 aliphatic rings. The first kappa shape index (κ1) is 14.8. The predicted octanol–water partition coefficient (Wildman–Crippen LogP) is 2.87. The van der Waals surface area contributed by atoms with Crippen LogP contribution in [0.15, 0.2) is 6.07 Å². The molecule has 0 saturated carbocycles. The van der Waals surface area contributed by atoms with Gasteiger partial charge in [-0.2, -0.15) is 0 Å². The predicted molar refractivity (Wildman–Crippen MR) is 71.1 cm³/mol. The highest BCUT2D eigenvalue weighted by molar-refractivity contribution is 5.89. The Kier molecular flexibility index (Phi) is 4.57. The molecule has 4 heteroatoms. The van der Waals surface area contributed by atoms with Gasteiger partial charge in [0, 0.05) is 31.6 Å². The second-order valence-electron chi connectivity index (χ2n) is 5.58. The molecule has 0 aliphatic carbocycles. The van der Waals surface area contributed by atoms with E-state index in [1.165, 1.54) is 0 Å². The number of carbonyl (C=O) groups is 1. The lowest BCUT2D eigenvalue weighted by Crippen LogP contribution is -2.23. The van der Waals surface area contributed by atoms with Gasteiger partial charge in [-0.25, -0.2) is 4.79 Å². The highest BCUT2D eigenvalue weighted by atomic mass is 16.5. The molecule has 1 N–H and O–H groups in total. The zero-order chi connectivity index (χ0) is 13.9. The third-order valence-electron chi connectivity index (χ3n) is 3.37. The lowest BCUT2D eigenvalue weighted by Gasteiger charge is -2.26. The summed E-state index contributed by atoms with van der Waals surface area (Å²) in [5.74, 6) is -0.857. The molecule has 0 aliphatic heterocycles. The molecule has 4 nitrogen and oxygen atoms in total. The maximum Gasteiger partial charge on any atom is 0.337 e. The third-order valence-corrected chi connectivity index (χ3v) is 3.37. The van der Waals surface area contributed by atoms with Crippen LogP contribution in [0.1, 0.15) is 42.0 Å². The van der Waals surface area contributed by atoms with Crippen molar-refractivity contribution in [3.05, 3.63) is 23.0 Å². The maximum absolute atomic E-state index is 11.1. The summed E-state index contributed by atoms with van der Waals surface area (Å²) in [4.78, 5) is 11.1. The summed E-state index contributed by atoms with van der Waals surface area (Å²) < 4.78 is 7.20. The van der Waals surface area contributed by atoms with Gasteiger partial charge in [-0.05, 0) is 31.7 Å². The smallest absolute Gasteiger partial charge is 0.337 e. The van der Waals surface area contributed by atoms with E-state index in [0.29, 0.717) is 5.56 Å². The zero-order valence-electron chi connectivity index (χ0n) is 11.9. The Morgan fingerprint density at radius 2 is 2.06 bits per heavy atom. The first-order valence-corrected chi connectivity index (χ1v) is 6.17. The van der Waals surface area contributed by atoms with E-state index in [4.69, 9.17) is 9.84 Å². The van der Waals surface area contributed by atoms with E-state index < -0.39 is 5.97 Å². The molecule has 1 aromatic heterocycles. The van der Waals surface area contributed by atoms with Gasteiger partial charge in [0.15, 0.2) is 0 Å². The summed E-state index contributed by atoms with van der Waals surface area (Å²) in [7, 11) is 1.70. The molecule has 1 rings (SSSR count). The molecule has 0 aromatic carbocycles. The fourth-order valence-corrected chi connectivity index (χ4v) is 2.15. The van der Waals surface area contributed by atoms with E-state index in [1.807, 2.05) is 13.8 Å². The van der Waals surface area contributed by atoms with Crippen LogP contribution in [0.25, 0.3) is 0 Å². The van der Waals surface area contributed by atoms with E-state index in [2.05, 4.69) is 18.4 Å². The van der Waals surface area contributed by atoms with E-state index in [-0.39, 0.29) is 5.41 Å². The third kappa shape index (κ3) is 3.35. The van der Waals surface area contributed by atoms with Crippen LogP contribution in [0.2, 0.25) is 0 Å². The molecule has 0 bridgehead atoms. The van der Waals surface area contributed by atoms with Crippen molar-refractivity contribution in [1.29, 1.82) is 0 Å². The van der Waals surface area contributed by atoms with Crippen LogP contribution in [-0.2, 0) is 11.3 Å². The Balaban J connectivity index is 2.94. The molecule has 102 valence electrons. The zero-order valence-corrected chi connectivity index (χ0v) is 11.9. The molecular weight excluding hydrogens is 230 g/mol. The molecular formula is C14H23NO3. The second-order valence-corrected chi connectivity index (χ2v) is 5.58. The van der Waals surface area contributed by atoms with Crippen LogP contribution in [0.3, 0.4) is 0 Å². The Hall–Kier alpha value is -1.29. The van der Waals surface area contributed by atoms with E-state index in [0.717, 1.165) is 31.0 Å². The monoisotopic (exact) mass is 253 g/mol. The Bertz CT molecular complexity index is 432. The summed E-state index contributed by atoms with van der Waals surface area (Å²) >= 11 is 0. The Morgan fingerprint density at radius 1 is 1.44 bits per heavy atom. The largest absolute Gasteiger partial charge is 0.478 e. The molecule has 0 radical (unpaired) electrons. The average molecular weight is 253 g/mol. The van der Waals surface area contributed by atoms with E-state index in [1.54, 1.807) is 13.2 Å². The van der Waals surface area contributed by atoms with Gasteiger partial charge in [-0.15, -0.1) is 0 Å². The van der Waals surface area contributed by atoms with Crippen molar-refractivity contribution in [3.8, 4) is 0 Å². The van der Waals surface area contributed by atoms with Crippen molar-refractivity contribution in [2.24, 2.45) is 5.41 Å². The maximum atomic E-state index is 11.1. The fourth-order valence-electron chi connectivity index (χ4n) is 2.15. The van der Waals surface area contributed by atoms with Crippen molar-refractivity contribution in [2.75, 3.05) is 13.7 Å². The van der Waals surface area contributed by atoms with Gasteiger partial charge in [0.25, 0.3) is 0 Å². The normalized spacial score (nSPS) is 11.8. The van der Waals surface area contributed by atoms with Crippen molar-refractivity contribution in [2.45, 2.75) is 40.7 Å². The van der Waals surface area contributed by atoms with Crippen molar-refractivity contribution < 1.29 is 14.6 Å². The van der Waals surface area contributed by atoms with Gasteiger partial charge >= 0.3 is 5.97 Å². The first-order chi connectivity index (χ1) is 8.28. The lowest BCUT2D eigenvalue weighted by atomic mass is 9.89. The number of methoxy groups -OCH3 is 1. The number of hydrogen-bond acceptors (Lipinski definition) is 2. The minimum atomic E-state index is -0.857. The lowest BCUT2D eigenvalue weighted by molar-refractivity contribution is 0.0695. The van der Waals surface area contributed by atoms with Crippen LogP contribution in [0.5, 0.6) is 0 Å². The quantitative estimate of drug-likeness (QED) is 0.848. The SMILES string of the molecule is COCCC(C)(C)Cn1c(C)cc(C(=O)O)c1C. The summed E-state index contributed by atoms with van der Waals surface area (Å²) in [6, 6.07) is 1.74. The van der Waals surface area contributed by atoms with Crippen molar-refractivity contribution in [3.63, 3.8) is 0 Å². The molecule has 0 saturated heterocycles. The number of ether oxygens (including phenoxy) is 1. The van der Waals surface area contributed by atoms with Gasteiger partial charge in [-0.3, -0.25) is 0 Å². The molecule has 0 amide bonds. The van der Waals surface area contributed by atoms with Crippen LogP contribution in [-0.4, -0.2) is 29.4 Å². The number of aromatic nitrogens is 1. The number of nitrogens with zero attached hydrogens (tertiary/aromatic N) is 1. The molecule has 1 heterocycles. The standard InChI is InChI=1S/C14H23NO3/c1-10-8-12(13(16)17)11(2)15(10)9-14(3,4)6-7-18-5/h8H,6-7,9H2,1-5H3,(H,16,17). The molecule has 18 heavy (non-hydrogen) atoms. The Morgan fingerprint density at radius 3 is 2.50 bits per heavy atom. The van der Waals surface area contributed by atoms with Crippen molar-refractivity contribution in [1.82, 2.24) is 4.57 Å². The summed E-state index contributed by atoms with van der Waals surface area (Å²) in [6.45, 7) is 9.69.